The van der Waals surface area contributed by atoms with E-state index in [4.69, 9.17) is 40.5 Å². The molecule has 4 rings (SSSR count). The van der Waals surface area contributed by atoms with Crippen LogP contribution in [0.4, 0.5) is 13.2 Å². The van der Waals surface area contributed by atoms with Gasteiger partial charge >= 0.3 is 6.18 Å². The highest BCUT2D eigenvalue weighted by molar-refractivity contribution is 7.93. The summed E-state index contributed by atoms with van der Waals surface area (Å²) in [5.41, 5.74) is 6.35. The van der Waals surface area contributed by atoms with Crippen LogP contribution >= 0.6 is 34.8 Å². The molecule has 3 N–H and O–H groups in total. The smallest absolute Gasteiger partial charge is 0.327 e. The van der Waals surface area contributed by atoms with Crippen molar-refractivity contribution in [2.45, 2.75) is 34.6 Å². The van der Waals surface area contributed by atoms with Crippen LogP contribution in [-0.4, -0.2) is 72.9 Å². The number of sulfone groups is 1. The zero-order valence-corrected chi connectivity index (χ0v) is 21.9. The van der Waals surface area contributed by atoms with Gasteiger partial charge in [0, 0.05) is 23.0 Å². The number of alkyl halides is 3. The number of nitrogens with zero attached hydrogens (tertiary/aromatic N) is 2. The molecular weight excluding hydrogens is 580 g/mol. The molecule has 3 unspecified atom stereocenters. The van der Waals surface area contributed by atoms with Crippen LogP contribution in [-0.2, 0) is 25.8 Å². The summed E-state index contributed by atoms with van der Waals surface area (Å²) in [5, 5.41) is 2.85. The Labute approximate surface area is 225 Å². The Bertz CT molecular complexity index is 1340. The molecule has 2 fully saturated rings. The van der Waals surface area contributed by atoms with Crippen molar-refractivity contribution < 1.29 is 31.2 Å². The van der Waals surface area contributed by atoms with Gasteiger partial charge in [-0.15, -0.1) is 0 Å². The molecule has 2 amide bonds. The van der Waals surface area contributed by atoms with Crippen molar-refractivity contribution in [2.75, 3.05) is 19.6 Å². The van der Waals surface area contributed by atoms with Crippen LogP contribution in [0.3, 0.4) is 0 Å². The highest BCUT2D eigenvalue weighted by Crippen LogP contribution is 2.40. The van der Waals surface area contributed by atoms with Gasteiger partial charge in [0.25, 0.3) is 0 Å². The summed E-state index contributed by atoms with van der Waals surface area (Å²) >= 11 is 18.0. The van der Waals surface area contributed by atoms with Crippen LogP contribution < -0.4 is 11.1 Å². The number of fused-ring (bicyclic) bond motifs is 1. The minimum Gasteiger partial charge on any atom is -0.327 e. The summed E-state index contributed by atoms with van der Waals surface area (Å²) in [4.78, 5) is 25.0. The molecule has 0 radical (unpaired) electrons. The van der Waals surface area contributed by atoms with Crippen molar-refractivity contribution in [3.8, 4) is 0 Å². The van der Waals surface area contributed by atoms with Crippen LogP contribution in [0.5, 0.6) is 0 Å². The lowest BCUT2D eigenvalue weighted by atomic mass is 9.97. The van der Waals surface area contributed by atoms with Gasteiger partial charge in [-0.3, -0.25) is 19.8 Å². The first-order chi connectivity index (χ1) is 17.2. The quantitative estimate of drug-likeness (QED) is 0.547. The Balaban J connectivity index is 1.92. The number of hydrogen-bond acceptors (Lipinski definition) is 6. The first-order valence-corrected chi connectivity index (χ1v) is 13.4. The number of nitrogens with two attached hydrogens (primary N) is 1. The van der Waals surface area contributed by atoms with Gasteiger partial charge in [0.2, 0.25) is 26.6 Å². The van der Waals surface area contributed by atoms with E-state index in [0.29, 0.717) is 15.5 Å². The Hall–Kier alpha value is -2.09. The molecule has 8 nitrogen and oxygen atoms in total. The molecule has 2 heterocycles. The zero-order valence-electron chi connectivity index (χ0n) is 18.8. The normalized spacial score (nSPS) is 24.8. The molecular formula is C22H20Cl3F3N4O4S. The average molecular weight is 600 g/mol. The van der Waals surface area contributed by atoms with Gasteiger partial charge in [0.15, 0.2) is 0 Å². The monoisotopic (exact) mass is 598 g/mol. The molecule has 15 heteroatoms. The van der Waals surface area contributed by atoms with Crippen molar-refractivity contribution >= 4 is 56.5 Å². The Morgan fingerprint density at radius 2 is 1.65 bits per heavy atom. The molecule has 0 spiro atoms. The fraction of sp³-hybridized carbons (Fsp3) is 0.364. The fourth-order valence-corrected chi connectivity index (χ4v) is 7.39. The van der Waals surface area contributed by atoms with Crippen LogP contribution in [0.2, 0.25) is 15.1 Å². The van der Waals surface area contributed by atoms with Crippen LogP contribution in [0.25, 0.3) is 0 Å². The minimum absolute atomic E-state index is 0.117. The van der Waals surface area contributed by atoms with Gasteiger partial charge in [-0.2, -0.15) is 13.2 Å². The second kappa shape index (κ2) is 9.90. The average Bonchev–Trinajstić information content (AvgIpc) is 2.79. The first kappa shape index (κ1) is 27.9. The van der Waals surface area contributed by atoms with E-state index in [0.717, 1.165) is 17.0 Å². The SMILES string of the molecule is NC1CNC2(S(=O)(=O)c3ccc(Cl)cc3Cl)CN(CC(F)(F)F)C(=O)C(Cc3ccc(Cl)cc3)N2C1=O. The predicted octanol–water partition coefficient (Wildman–Crippen LogP) is 2.85. The van der Waals surface area contributed by atoms with Gasteiger partial charge in [-0.1, -0.05) is 46.9 Å². The van der Waals surface area contributed by atoms with Crippen molar-refractivity contribution in [3.05, 3.63) is 63.1 Å². The lowest BCUT2D eigenvalue weighted by molar-refractivity contribution is -0.182. The number of nitrogens with one attached hydrogen (secondary N) is 1. The third-order valence-electron chi connectivity index (χ3n) is 6.20. The number of hydrogen-bond donors (Lipinski definition) is 2. The van der Waals surface area contributed by atoms with Gasteiger partial charge in [0.1, 0.15) is 12.6 Å². The van der Waals surface area contributed by atoms with E-state index in [1.807, 2.05) is 0 Å². The molecule has 200 valence electrons. The number of rotatable bonds is 5. The van der Waals surface area contributed by atoms with E-state index in [1.54, 1.807) is 0 Å². The van der Waals surface area contributed by atoms with E-state index < -0.39 is 62.9 Å². The molecule has 3 atom stereocenters. The highest BCUT2D eigenvalue weighted by Gasteiger charge is 2.63. The Kier molecular flexibility index (Phi) is 7.47. The summed E-state index contributed by atoms with van der Waals surface area (Å²) in [6.07, 6.45) is -5.14. The summed E-state index contributed by atoms with van der Waals surface area (Å²) in [7, 11) is -4.77. The summed E-state index contributed by atoms with van der Waals surface area (Å²) in [5.74, 6) is -1.99. The fourth-order valence-electron chi connectivity index (χ4n) is 4.55. The molecule has 2 aromatic carbocycles. The number of carbonyl (C=O) groups is 2. The number of amides is 2. The molecule has 2 aliphatic heterocycles. The van der Waals surface area contributed by atoms with E-state index in [2.05, 4.69) is 5.32 Å². The van der Waals surface area contributed by atoms with Gasteiger partial charge in [-0.25, -0.2) is 8.42 Å². The molecule has 0 bridgehead atoms. The van der Waals surface area contributed by atoms with E-state index in [9.17, 15) is 31.2 Å². The van der Waals surface area contributed by atoms with Gasteiger partial charge in [0.05, 0.1) is 22.5 Å². The highest BCUT2D eigenvalue weighted by atomic mass is 35.5. The third kappa shape index (κ3) is 5.15. The number of carbonyl (C=O) groups excluding carboxylic acids is 2. The minimum atomic E-state index is -4.85. The molecule has 2 aromatic rings. The van der Waals surface area contributed by atoms with E-state index in [1.165, 1.54) is 30.3 Å². The molecule has 2 saturated heterocycles. The molecule has 0 aliphatic carbocycles. The Morgan fingerprint density at radius 3 is 2.24 bits per heavy atom. The topological polar surface area (TPSA) is 113 Å². The summed E-state index contributed by atoms with van der Waals surface area (Å²) in [6, 6.07) is 6.63. The molecule has 37 heavy (non-hydrogen) atoms. The second-order valence-corrected chi connectivity index (χ2v) is 12.1. The van der Waals surface area contributed by atoms with E-state index in [-0.39, 0.29) is 23.0 Å². The lowest BCUT2D eigenvalue weighted by Gasteiger charge is -2.56. The van der Waals surface area contributed by atoms with Crippen molar-refractivity contribution in [3.63, 3.8) is 0 Å². The lowest BCUT2D eigenvalue weighted by Crippen LogP contribution is -2.83. The maximum atomic E-state index is 14.1. The summed E-state index contributed by atoms with van der Waals surface area (Å²) < 4.78 is 68.8. The Morgan fingerprint density at radius 1 is 1.03 bits per heavy atom. The van der Waals surface area contributed by atoms with Crippen molar-refractivity contribution in [1.82, 2.24) is 15.1 Å². The largest absolute Gasteiger partial charge is 0.406 e. The van der Waals surface area contributed by atoms with E-state index >= 15 is 0 Å². The van der Waals surface area contributed by atoms with Gasteiger partial charge in [-0.05, 0) is 35.9 Å². The number of benzene rings is 2. The van der Waals surface area contributed by atoms with Crippen LogP contribution in [0.1, 0.15) is 5.56 Å². The first-order valence-electron chi connectivity index (χ1n) is 10.8. The maximum Gasteiger partial charge on any atom is 0.406 e. The number of piperazine rings is 1. The van der Waals surface area contributed by atoms with Crippen LogP contribution in [0.15, 0.2) is 47.4 Å². The van der Waals surface area contributed by atoms with Crippen molar-refractivity contribution in [2.24, 2.45) is 5.73 Å². The standard InChI is InChI=1S/C22H20Cl3F3N4O4S/c23-13-3-1-12(2-4-13)7-17-20(34)31(10-21(26,27)28)11-22(30-9-16(29)19(33)32(17)22)37(35,36)18-6-5-14(24)8-15(18)25/h1-6,8,16-17,30H,7,9-11,29H2. The molecule has 2 aliphatic rings. The second-order valence-electron chi connectivity index (χ2n) is 8.71. The molecule has 0 saturated carbocycles. The molecule has 0 aromatic heterocycles. The maximum absolute atomic E-state index is 14.1. The van der Waals surface area contributed by atoms with Crippen LogP contribution in [0, 0.1) is 0 Å². The van der Waals surface area contributed by atoms with Gasteiger partial charge < -0.3 is 10.6 Å². The predicted molar refractivity (Wildman–Crippen MR) is 131 cm³/mol. The summed E-state index contributed by atoms with van der Waals surface area (Å²) in [6.45, 7) is -3.12. The van der Waals surface area contributed by atoms with Crippen molar-refractivity contribution in [1.29, 1.82) is 0 Å². The zero-order chi connectivity index (χ0) is 27.3. The number of halogens is 6. The third-order valence-corrected chi connectivity index (χ3v) is 9.40.